The van der Waals surface area contributed by atoms with Gasteiger partial charge in [0.15, 0.2) is 0 Å². The Labute approximate surface area is 119 Å². The topological polar surface area (TPSA) is 86.7 Å². The lowest BCUT2D eigenvalue weighted by atomic mass is 9.93. The number of carboxylic acids is 1. The summed E-state index contributed by atoms with van der Waals surface area (Å²) >= 11 is 0. The number of amides is 2. The molecule has 2 N–H and O–H groups in total. The van der Waals surface area contributed by atoms with Gasteiger partial charge < -0.3 is 15.3 Å². The van der Waals surface area contributed by atoms with Crippen molar-refractivity contribution in [1.29, 1.82) is 0 Å². The van der Waals surface area contributed by atoms with Gasteiger partial charge in [-0.15, -0.1) is 0 Å². The third-order valence-corrected chi connectivity index (χ3v) is 4.00. The van der Waals surface area contributed by atoms with E-state index in [0.717, 1.165) is 19.3 Å². The van der Waals surface area contributed by atoms with Gasteiger partial charge in [-0.2, -0.15) is 0 Å². The summed E-state index contributed by atoms with van der Waals surface area (Å²) in [5, 5.41) is 11.9. The van der Waals surface area contributed by atoms with Crippen LogP contribution in [-0.4, -0.2) is 46.4 Å². The molecule has 0 aromatic heterocycles. The van der Waals surface area contributed by atoms with Crippen LogP contribution in [-0.2, 0) is 14.4 Å². The predicted molar refractivity (Wildman–Crippen MR) is 74.1 cm³/mol. The van der Waals surface area contributed by atoms with Gasteiger partial charge >= 0.3 is 5.97 Å². The van der Waals surface area contributed by atoms with Gasteiger partial charge in [0.1, 0.15) is 5.54 Å². The lowest BCUT2D eigenvalue weighted by Gasteiger charge is -2.29. The third-order valence-electron chi connectivity index (χ3n) is 4.00. The van der Waals surface area contributed by atoms with Gasteiger partial charge in [-0.05, 0) is 25.7 Å². The lowest BCUT2D eigenvalue weighted by molar-refractivity contribution is -0.148. The van der Waals surface area contributed by atoms with E-state index >= 15 is 0 Å². The average Bonchev–Trinajstić information content (AvgIpc) is 2.61. The quantitative estimate of drug-likeness (QED) is 0.766. The number of aliphatic carboxylic acids is 1. The van der Waals surface area contributed by atoms with Crippen LogP contribution in [0, 0.1) is 0 Å². The lowest BCUT2D eigenvalue weighted by Crippen LogP contribution is -2.56. The van der Waals surface area contributed by atoms with Crippen molar-refractivity contribution in [2.45, 2.75) is 57.9 Å². The first-order valence-electron chi connectivity index (χ1n) is 7.27. The molecule has 1 saturated heterocycles. The zero-order chi connectivity index (χ0) is 15.2. The zero-order valence-electron chi connectivity index (χ0n) is 12.3. The second-order valence-corrected chi connectivity index (χ2v) is 5.27. The molecule has 0 spiro atoms. The Kier molecular flexibility index (Phi) is 5.98. The van der Waals surface area contributed by atoms with Crippen molar-refractivity contribution in [3.8, 4) is 0 Å². The highest BCUT2D eigenvalue weighted by Crippen LogP contribution is 2.16. The van der Waals surface area contributed by atoms with Crippen molar-refractivity contribution in [3.63, 3.8) is 0 Å². The molecule has 20 heavy (non-hydrogen) atoms. The SMILES string of the molecule is CCC(CC)(NC(=O)CN1CCCCCC1=O)C(=O)O. The Morgan fingerprint density at radius 3 is 2.45 bits per heavy atom. The van der Waals surface area contributed by atoms with Crippen LogP contribution >= 0.6 is 0 Å². The van der Waals surface area contributed by atoms with E-state index in [9.17, 15) is 19.5 Å². The molecule has 0 atom stereocenters. The van der Waals surface area contributed by atoms with Gasteiger partial charge in [-0.25, -0.2) is 4.79 Å². The number of hydrogen-bond donors (Lipinski definition) is 2. The fraction of sp³-hybridized carbons (Fsp3) is 0.786. The largest absolute Gasteiger partial charge is 0.480 e. The molecule has 1 fully saturated rings. The number of likely N-dealkylation sites (tertiary alicyclic amines) is 1. The Hall–Kier alpha value is -1.59. The molecule has 0 aromatic rings. The summed E-state index contributed by atoms with van der Waals surface area (Å²) in [5.41, 5.74) is -1.23. The van der Waals surface area contributed by atoms with Crippen LogP contribution in [0.5, 0.6) is 0 Å². The fourth-order valence-electron chi connectivity index (χ4n) is 2.47. The van der Waals surface area contributed by atoms with E-state index in [1.54, 1.807) is 13.8 Å². The fourth-order valence-corrected chi connectivity index (χ4v) is 2.47. The molecule has 0 radical (unpaired) electrons. The summed E-state index contributed by atoms with van der Waals surface area (Å²) in [4.78, 5) is 36.7. The average molecular weight is 284 g/mol. The first-order valence-corrected chi connectivity index (χ1v) is 7.27. The number of nitrogens with zero attached hydrogens (tertiary/aromatic N) is 1. The highest BCUT2D eigenvalue weighted by molar-refractivity contribution is 5.90. The van der Waals surface area contributed by atoms with E-state index in [2.05, 4.69) is 5.32 Å². The minimum atomic E-state index is -1.23. The minimum absolute atomic E-state index is 0.0217. The van der Waals surface area contributed by atoms with Crippen molar-refractivity contribution in [1.82, 2.24) is 10.2 Å². The highest BCUT2D eigenvalue weighted by atomic mass is 16.4. The molecule has 0 aromatic carbocycles. The van der Waals surface area contributed by atoms with Crippen LogP contribution in [0.1, 0.15) is 52.4 Å². The maximum absolute atomic E-state index is 12.0. The molecule has 1 rings (SSSR count). The molecule has 6 nitrogen and oxygen atoms in total. The minimum Gasteiger partial charge on any atom is -0.480 e. The molecule has 0 aliphatic carbocycles. The van der Waals surface area contributed by atoms with Crippen LogP contribution in [0.25, 0.3) is 0 Å². The first-order chi connectivity index (χ1) is 9.45. The Morgan fingerprint density at radius 2 is 1.90 bits per heavy atom. The Bertz CT molecular complexity index is 377. The number of rotatable bonds is 6. The molecular formula is C14H24N2O4. The van der Waals surface area contributed by atoms with E-state index in [-0.39, 0.29) is 12.5 Å². The number of hydrogen-bond acceptors (Lipinski definition) is 3. The van der Waals surface area contributed by atoms with Crippen molar-refractivity contribution in [2.75, 3.05) is 13.1 Å². The molecule has 2 amide bonds. The smallest absolute Gasteiger partial charge is 0.329 e. The monoisotopic (exact) mass is 284 g/mol. The first kappa shape index (κ1) is 16.5. The van der Waals surface area contributed by atoms with Crippen LogP contribution < -0.4 is 5.32 Å². The van der Waals surface area contributed by atoms with Crippen LogP contribution in [0.15, 0.2) is 0 Å². The molecule has 1 aliphatic rings. The third kappa shape index (κ3) is 3.95. The van der Waals surface area contributed by atoms with Crippen molar-refractivity contribution < 1.29 is 19.5 Å². The van der Waals surface area contributed by atoms with Gasteiger partial charge in [0, 0.05) is 13.0 Å². The summed E-state index contributed by atoms with van der Waals surface area (Å²) in [6.07, 6.45) is 3.85. The van der Waals surface area contributed by atoms with Gasteiger partial charge in [0.05, 0.1) is 6.54 Å². The van der Waals surface area contributed by atoms with Gasteiger partial charge in [-0.1, -0.05) is 20.3 Å². The molecule has 1 aliphatic heterocycles. The summed E-state index contributed by atoms with van der Waals surface area (Å²) < 4.78 is 0. The normalized spacial score (nSPS) is 16.7. The molecule has 0 saturated carbocycles. The molecule has 0 bridgehead atoms. The molecular weight excluding hydrogens is 260 g/mol. The summed E-state index contributed by atoms with van der Waals surface area (Å²) in [7, 11) is 0. The molecule has 6 heteroatoms. The summed E-state index contributed by atoms with van der Waals surface area (Å²) in [5.74, 6) is -1.45. The molecule has 1 heterocycles. The van der Waals surface area contributed by atoms with E-state index in [1.165, 1.54) is 4.90 Å². The number of carbonyl (C=O) groups excluding carboxylic acids is 2. The molecule has 114 valence electrons. The number of nitrogens with one attached hydrogen (secondary N) is 1. The maximum atomic E-state index is 12.0. The van der Waals surface area contributed by atoms with Gasteiger partial charge in [0.2, 0.25) is 11.8 Å². The summed E-state index contributed by atoms with van der Waals surface area (Å²) in [6, 6.07) is 0. The maximum Gasteiger partial charge on any atom is 0.329 e. The Morgan fingerprint density at radius 1 is 1.25 bits per heavy atom. The van der Waals surface area contributed by atoms with Crippen LogP contribution in [0.4, 0.5) is 0 Å². The Balaban J connectivity index is 2.65. The number of carbonyl (C=O) groups is 3. The van der Waals surface area contributed by atoms with Crippen molar-refractivity contribution >= 4 is 17.8 Å². The van der Waals surface area contributed by atoms with E-state index in [4.69, 9.17) is 0 Å². The van der Waals surface area contributed by atoms with Gasteiger partial charge in [-0.3, -0.25) is 9.59 Å². The van der Waals surface area contributed by atoms with Crippen molar-refractivity contribution in [2.24, 2.45) is 0 Å². The van der Waals surface area contributed by atoms with Crippen LogP contribution in [0.2, 0.25) is 0 Å². The highest BCUT2D eigenvalue weighted by Gasteiger charge is 2.36. The predicted octanol–water partition coefficient (Wildman–Crippen LogP) is 1.15. The summed E-state index contributed by atoms with van der Waals surface area (Å²) in [6.45, 7) is 3.99. The molecule has 0 unspecified atom stereocenters. The zero-order valence-corrected chi connectivity index (χ0v) is 12.3. The number of carboxylic acid groups (broad SMARTS) is 1. The second-order valence-electron chi connectivity index (χ2n) is 5.27. The second kappa shape index (κ2) is 7.26. The standard InChI is InChI=1S/C14H24N2O4/c1-3-14(4-2,13(19)20)15-11(17)10-16-9-7-5-6-8-12(16)18/h3-10H2,1-2H3,(H,15,17)(H,19,20). The van der Waals surface area contributed by atoms with Gasteiger partial charge in [0.25, 0.3) is 0 Å². The van der Waals surface area contributed by atoms with Crippen LogP contribution in [0.3, 0.4) is 0 Å². The van der Waals surface area contributed by atoms with E-state index < -0.39 is 17.4 Å². The van der Waals surface area contributed by atoms with Crippen molar-refractivity contribution in [3.05, 3.63) is 0 Å². The van der Waals surface area contributed by atoms with E-state index in [0.29, 0.717) is 25.8 Å². The van der Waals surface area contributed by atoms with E-state index in [1.807, 2.05) is 0 Å².